The number of anilines is 1. The zero-order valence-corrected chi connectivity index (χ0v) is 13.4. The summed E-state index contributed by atoms with van der Waals surface area (Å²) in [7, 11) is 0. The highest BCUT2D eigenvalue weighted by molar-refractivity contribution is 5.98. The van der Waals surface area contributed by atoms with Crippen molar-refractivity contribution < 1.29 is 14.7 Å². The van der Waals surface area contributed by atoms with Gasteiger partial charge in [0.15, 0.2) is 0 Å². The Hall–Kier alpha value is -1.84. The Morgan fingerprint density at radius 2 is 1.91 bits per heavy atom. The van der Waals surface area contributed by atoms with Crippen molar-refractivity contribution in [3.63, 3.8) is 0 Å². The summed E-state index contributed by atoms with van der Waals surface area (Å²) in [6.07, 6.45) is 1.97. The van der Waals surface area contributed by atoms with Gasteiger partial charge in [0.25, 0.3) is 0 Å². The molecule has 1 aromatic rings. The topological polar surface area (TPSA) is 60.4 Å². The largest absolute Gasteiger partial charge is 0.550 e. The molecule has 3 rings (SSSR count). The molecule has 22 heavy (non-hydrogen) atoms. The van der Waals surface area contributed by atoms with Crippen molar-refractivity contribution >= 4 is 17.6 Å². The molecule has 4 nitrogen and oxygen atoms in total. The molecule has 118 valence electrons. The van der Waals surface area contributed by atoms with E-state index >= 15 is 0 Å². The number of benzene rings is 1. The van der Waals surface area contributed by atoms with E-state index in [1.165, 1.54) is 5.56 Å². The van der Waals surface area contributed by atoms with Crippen LogP contribution in [0.5, 0.6) is 0 Å². The van der Waals surface area contributed by atoms with Crippen LogP contribution in [0.15, 0.2) is 24.3 Å². The van der Waals surface area contributed by atoms with Gasteiger partial charge in [0, 0.05) is 29.5 Å². The number of aliphatic carboxylic acids is 1. The molecule has 1 saturated carbocycles. The van der Waals surface area contributed by atoms with Crippen molar-refractivity contribution in [1.82, 2.24) is 0 Å². The maximum absolute atomic E-state index is 13.0. The zero-order valence-electron chi connectivity index (χ0n) is 13.4. The molecular weight excluding hydrogens is 278 g/mol. The number of fused-ring (bicyclic) bond motifs is 1. The number of rotatable bonds is 2. The van der Waals surface area contributed by atoms with Gasteiger partial charge in [-0.15, -0.1) is 0 Å². The highest BCUT2D eigenvalue weighted by Gasteiger charge is 2.55. The molecule has 0 unspecified atom stereocenters. The van der Waals surface area contributed by atoms with Gasteiger partial charge in [0.1, 0.15) is 0 Å². The van der Waals surface area contributed by atoms with Crippen LogP contribution in [0.4, 0.5) is 5.69 Å². The van der Waals surface area contributed by atoms with Crippen LogP contribution in [-0.2, 0) is 16.0 Å². The van der Waals surface area contributed by atoms with Crippen molar-refractivity contribution in [2.45, 2.75) is 40.0 Å². The molecule has 1 fully saturated rings. The van der Waals surface area contributed by atoms with Crippen molar-refractivity contribution in [3.8, 4) is 0 Å². The van der Waals surface area contributed by atoms with Gasteiger partial charge in [0.05, 0.1) is 0 Å². The number of carbonyl (C=O) groups is 2. The smallest absolute Gasteiger partial charge is 0.230 e. The fraction of sp³-hybridized carbons (Fsp3) is 0.556. The SMILES string of the molecule is CC1(C)[C@@H](C(=O)N2CCc3ccccc32)CC[C@@]1(C)C(=O)[O-]. The lowest BCUT2D eigenvalue weighted by Gasteiger charge is -2.42. The van der Waals surface area contributed by atoms with Crippen LogP contribution >= 0.6 is 0 Å². The van der Waals surface area contributed by atoms with Gasteiger partial charge in [-0.25, -0.2) is 0 Å². The molecule has 0 aromatic heterocycles. The first-order valence-corrected chi connectivity index (χ1v) is 7.90. The Kier molecular flexibility index (Phi) is 3.31. The normalized spacial score (nSPS) is 29.4. The first kappa shape index (κ1) is 15.1. The summed E-state index contributed by atoms with van der Waals surface area (Å²) in [6.45, 7) is 6.18. The monoisotopic (exact) mass is 300 g/mol. The summed E-state index contributed by atoms with van der Waals surface area (Å²) in [5.41, 5.74) is 0.604. The van der Waals surface area contributed by atoms with Gasteiger partial charge in [-0.3, -0.25) is 4.79 Å². The van der Waals surface area contributed by atoms with E-state index < -0.39 is 16.8 Å². The Morgan fingerprint density at radius 3 is 2.55 bits per heavy atom. The van der Waals surface area contributed by atoms with Crippen LogP contribution in [0.3, 0.4) is 0 Å². The Labute approximate surface area is 131 Å². The van der Waals surface area contributed by atoms with Crippen LogP contribution in [0.1, 0.15) is 39.2 Å². The Balaban J connectivity index is 1.90. The predicted octanol–water partition coefficient (Wildman–Crippen LogP) is 1.77. The van der Waals surface area contributed by atoms with Crippen LogP contribution in [0.2, 0.25) is 0 Å². The Morgan fingerprint density at radius 1 is 1.23 bits per heavy atom. The molecule has 0 bridgehead atoms. The molecule has 1 heterocycles. The lowest BCUT2D eigenvalue weighted by molar-refractivity contribution is -0.323. The van der Waals surface area contributed by atoms with Gasteiger partial charge in [-0.1, -0.05) is 39.0 Å². The third kappa shape index (κ3) is 1.89. The minimum atomic E-state index is -1.05. The summed E-state index contributed by atoms with van der Waals surface area (Å²) < 4.78 is 0. The number of carboxylic acids is 1. The predicted molar refractivity (Wildman–Crippen MR) is 82.1 cm³/mol. The van der Waals surface area contributed by atoms with E-state index in [0.29, 0.717) is 19.4 Å². The molecule has 0 radical (unpaired) electrons. The molecule has 1 aliphatic carbocycles. The number of hydrogen-bond donors (Lipinski definition) is 0. The lowest BCUT2D eigenvalue weighted by Crippen LogP contribution is -2.50. The average molecular weight is 300 g/mol. The molecule has 1 aromatic carbocycles. The molecule has 2 aliphatic rings. The molecular formula is C18H22NO3-. The molecule has 1 amide bonds. The minimum absolute atomic E-state index is 0.0555. The highest BCUT2D eigenvalue weighted by Crippen LogP contribution is 2.56. The van der Waals surface area contributed by atoms with E-state index in [-0.39, 0.29) is 11.8 Å². The fourth-order valence-corrected chi connectivity index (χ4v) is 4.05. The third-order valence-corrected chi connectivity index (χ3v) is 6.13. The van der Waals surface area contributed by atoms with Crippen molar-refractivity contribution in [3.05, 3.63) is 29.8 Å². The van der Waals surface area contributed by atoms with E-state index in [4.69, 9.17) is 0 Å². The summed E-state index contributed by atoms with van der Waals surface area (Å²) in [5, 5.41) is 11.6. The number of para-hydroxylation sites is 1. The van der Waals surface area contributed by atoms with Gasteiger partial charge in [-0.2, -0.15) is 0 Å². The number of nitrogens with zero attached hydrogens (tertiary/aromatic N) is 1. The second-order valence-corrected chi connectivity index (χ2v) is 7.30. The van der Waals surface area contributed by atoms with Crippen LogP contribution in [-0.4, -0.2) is 18.4 Å². The highest BCUT2D eigenvalue weighted by atomic mass is 16.4. The first-order chi connectivity index (χ1) is 10.3. The molecule has 0 spiro atoms. The quantitative estimate of drug-likeness (QED) is 0.836. The maximum Gasteiger partial charge on any atom is 0.230 e. The molecule has 0 N–H and O–H groups in total. The van der Waals surface area contributed by atoms with Gasteiger partial charge >= 0.3 is 0 Å². The van der Waals surface area contributed by atoms with E-state index in [2.05, 4.69) is 0 Å². The van der Waals surface area contributed by atoms with Crippen LogP contribution < -0.4 is 10.0 Å². The lowest BCUT2D eigenvalue weighted by atomic mass is 9.65. The van der Waals surface area contributed by atoms with Crippen molar-refractivity contribution in [1.29, 1.82) is 0 Å². The van der Waals surface area contributed by atoms with Crippen molar-refractivity contribution in [2.24, 2.45) is 16.7 Å². The van der Waals surface area contributed by atoms with E-state index in [1.807, 2.05) is 43.0 Å². The number of carbonyl (C=O) groups excluding carboxylic acids is 2. The van der Waals surface area contributed by atoms with E-state index in [9.17, 15) is 14.7 Å². The van der Waals surface area contributed by atoms with Gasteiger partial charge in [0.2, 0.25) is 5.91 Å². The fourth-order valence-electron chi connectivity index (χ4n) is 4.05. The summed E-state index contributed by atoms with van der Waals surface area (Å²) in [5.74, 6) is -1.27. The summed E-state index contributed by atoms with van der Waals surface area (Å²) >= 11 is 0. The minimum Gasteiger partial charge on any atom is -0.550 e. The molecule has 0 saturated heterocycles. The van der Waals surface area contributed by atoms with Crippen LogP contribution in [0, 0.1) is 16.7 Å². The summed E-state index contributed by atoms with van der Waals surface area (Å²) in [4.78, 5) is 26.5. The number of hydrogen-bond acceptors (Lipinski definition) is 3. The van der Waals surface area contributed by atoms with E-state index in [1.54, 1.807) is 6.92 Å². The van der Waals surface area contributed by atoms with Crippen molar-refractivity contribution in [2.75, 3.05) is 11.4 Å². The van der Waals surface area contributed by atoms with E-state index in [0.717, 1.165) is 12.1 Å². The second-order valence-electron chi connectivity index (χ2n) is 7.30. The second kappa shape index (κ2) is 4.83. The standard InChI is InChI=1S/C18H23NO3/c1-17(2)13(8-10-18(17,3)16(21)22)15(20)19-11-9-12-6-4-5-7-14(12)19/h4-7,13H,8-11H2,1-3H3,(H,21,22)/p-1/t13-,18+/m1/s1. The molecule has 4 heteroatoms. The Bertz CT molecular complexity index is 637. The van der Waals surface area contributed by atoms with Gasteiger partial charge in [-0.05, 0) is 36.3 Å². The maximum atomic E-state index is 13.0. The zero-order chi connectivity index (χ0) is 16.1. The van der Waals surface area contributed by atoms with Gasteiger partial charge < -0.3 is 14.8 Å². The first-order valence-electron chi connectivity index (χ1n) is 7.90. The number of amides is 1. The molecule has 2 atom stereocenters. The summed E-state index contributed by atoms with van der Waals surface area (Å²) in [6, 6.07) is 7.95. The third-order valence-electron chi connectivity index (χ3n) is 6.13. The number of carboxylic acid groups (broad SMARTS) is 1. The van der Waals surface area contributed by atoms with Crippen LogP contribution in [0.25, 0.3) is 0 Å². The molecule has 1 aliphatic heterocycles. The average Bonchev–Trinajstić information content (AvgIpc) is 2.99.